The molecule has 2 aromatic rings. The molecule has 1 heterocycles. The van der Waals surface area contributed by atoms with Gasteiger partial charge in [0.1, 0.15) is 0 Å². The summed E-state index contributed by atoms with van der Waals surface area (Å²) >= 11 is 3.29. The lowest BCUT2D eigenvalue weighted by molar-refractivity contribution is -0.145. The van der Waals surface area contributed by atoms with Crippen molar-refractivity contribution in [1.82, 2.24) is 14.8 Å². The summed E-state index contributed by atoms with van der Waals surface area (Å²) in [6, 6.07) is 7.05. The highest BCUT2D eigenvalue weighted by molar-refractivity contribution is 9.10. The van der Waals surface area contributed by atoms with Gasteiger partial charge in [-0.15, -0.1) is 5.10 Å². The first-order valence-electron chi connectivity index (χ1n) is 5.75. The van der Waals surface area contributed by atoms with E-state index in [9.17, 15) is 13.2 Å². The average Bonchev–Trinajstić information content (AvgIpc) is 3.08. The Balaban J connectivity index is 2.08. The van der Waals surface area contributed by atoms with Crippen molar-refractivity contribution in [3.8, 4) is 11.4 Å². The van der Waals surface area contributed by atoms with Crippen LogP contribution in [0.1, 0.15) is 24.7 Å². The zero-order valence-corrected chi connectivity index (χ0v) is 11.2. The highest BCUT2D eigenvalue weighted by atomic mass is 79.9. The minimum atomic E-state index is -4.51. The van der Waals surface area contributed by atoms with Gasteiger partial charge in [-0.3, -0.25) is 0 Å². The Bertz CT molecular complexity index is 600. The molecular weight excluding hydrogens is 323 g/mol. The Kier molecular flexibility index (Phi) is 2.88. The summed E-state index contributed by atoms with van der Waals surface area (Å²) in [5.74, 6) is -0.792. The van der Waals surface area contributed by atoms with Crippen LogP contribution < -0.4 is 0 Å². The van der Waals surface area contributed by atoms with Crippen LogP contribution in [0.2, 0.25) is 0 Å². The third-order valence-corrected chi connectivity index (χ3v) is 3.41. The molecule has 100 valence electrons. The zero-order chi connectivity index (χ0) is 13.6. The number of halogens is 4. The van der Waals surface area contributed by atoms with Crippen molar-refractivity contribution >= 4 is 15.9 Å². The van der Waals surface area contributed by atoms with Crippen molar-refractivity contribution in [1.29, 1.82) is 0 Å². The van der Waals surface area contributed by atoms with E-state index in [4.69, 9.17) is 0 Å². The van der Waals surface area contributed by atoms with E-state index < -0.39 is 12.0 Å². The van der Waals surface area contributed by atoms with Gasteiger partial charge in [0.25, 0.3) is 5.82 Å². The normalized spacial score (nSPS) is 15.8. The molecular formula is C12H9BrF3N3. The number of nitrogens with zero attached hydrogens (tertiary/aromatic N) is 3. The summed E-state index contributed by atoms with van der Waals surface area (Å²) in [7, 11) is 0. The van der Waals surface area contributed by atoms with Gasteiger partial charge < -0.3 is 0 Å². The van der Waals surface area contributed by atoms with Crippen LogP contribution in [0, 0.1) is 0 Å². The molecule has 1 saturated carbocycles. The second-order valence-electron chi connectivity index (χ2n) is 4.44. The molecule has 3 nitrogen and oxygen atoms in total. The first-order valence-corrected chi connectivity index (χ1v) is 6.54. The third kappa shape index (κ3) is 2.51. The number of benzene rings is 1. The Morgan fingerprint density at radius 1 is 1.16 bits per heavy atom. The van der Waals surface area contributed by atoms with Crippen LogP contribution in [0.15, 0.2) is 28.7 Å². The molecule has 7 heteroatoms. The van der Waals surface area contributed by atoms with Crippen LogP contribution in [0.5, 0.6) is 0 Å². The van der Waals surface area contributed by atoms with Crippen LogP contribution in [-0.2, 0) is 6.18 Å². The zero-order valence-electron chi connectivity index (χ0n) is 9.65. The number of alkyl halides is 3. The molecule has 1 aromatic heterocycles. The molecule has 1 fully saturated rings. The molecule has 1 aromatic carbocycles. The molecule has 19 heavy (non-hydrogen) atoms. The molecule has 0 bridgehead atoms. The number of rotatable bonds is 2. The molecule has 1 aliphatic rings. The second-order valence-corrected chi connectivity index (χ2v) is 5.36. The molecule has 0 atom stereocenters. The van der Waals surface area contributed by atoms with Crippen LogP contribution >= 0.6 is 15.9 Å². The van der Waals surface area contributed by atoms with E-state index in [2.05, 4.69) is 26.0 Å². The van der Waals surface area contributed by atoms with E-state index >= 15 is 0 Å². The summed E-state index contributed by atoms with van der Waals surface area (Å²) in [5, 5.41) is 3.61. The molecule has 0 radical (unpaired) electrons. The van der Waals surface area contributed by atoms with Crippen molar-refractivity contribution in [2.24, 2.45) is 0 Å². The van der Waals surface area contributed by atoms with Crippen LogP contribution in [0.3, 0.4) is 0 Å². The topological polar surface area (TPSA) is 30.7 Å². The molecule has 1 aliphatic carbocycles. The van der Waals surface area contributed by atoms with E-state index in [0.29, 0.717) is 5.56 Å². The fourth-order valence-electron chi connectivity index (χ4n) is 1.81. The van der Waals surface area contributed by atoms with Crippen molar-refractivity contribution in [3.63, 3.8) is 0 Å². The predicted molar refractivity (Wildman–Crippen MR) is 66.4 cm³/mol. The summed E-state index contributed by atoms with van der Waals surface area (Å²) in [6.45, 7) is 0. The highest BCUT2D eigenvalue weighted by Crippen LogP contribution is 2.39. The van der Waals surface area contributed by atoms with Gasteiger partial charge in [0.05, 0.1) is 6.04 Å². The number of hydrogen-bond acceptors (Lipinski definition) is 2. The van der Waals surface area contributed by atoms with Gasteiger partial charge in [0.2, 0.25) is 0 Å². The van der Waals surface area contributed by atoms with Gasteiger partial charge >= 0.3 is 6.18 Å². The van der Waals surface area contributed by atoms with Gasteiger partial charge in [0, 0.05) is 10.0 Å². The van der Waals surface area contributed by atoms with Gasteiger partial charge in [-0.1, -0.05) is 28.1 Å². The van der Waals surface area contributed by atoms with E-state index in [1.807, 2.05) is 0 Å². The van der Waals surface area contributed by atoms with Gasteiger partial charge in [-0.2, -0.15) is 13.2 Å². The molecule has 0 amide bonds. The first-order chi connectivity index (χ1) is 8.95. The van der Waals surface area contributed by atoms with Crippen LogP contribution in [0.4, 0.5) is 13.2 Å². The fourth-order valence-corrected chi connectivity index (χ4v) is 2.08. The maximum absolute atomic E-state index is 12.7. The lowest BCUT2D eigenvalue weighted by atomic mass is 10.2. The van der Waals surface area contributed by atoms with Crippen LogP contribution in [0.25, 0.3) is 11.4 Å². The summed E-state index contributed by atoms with van der Waals surface area (Å²) in [6.07, 6.45) is -2.81. The molecule has 0 unspecified atom stereocenters. The van der Waals surface area contributed by atoms with Gasteiger partial charge in [0.15, 0.2) is 5.82 Å². The summed E-state index contributed by atoms with van der Waals surface area (Å²) in [5.41, 5.74) is 0.637. The quantitative estimate of drug-likeness (QED) is 0.830. The Hall–Kier alpha value is -1.37. The predicted octanol–water partition coefficient (Wildman–Crippen LogP) is 4.06. The maximum atomic E-state index is 12.7. The Labute approximate surface area is 115 Å². The monoisotopic (exact) mass is 331 g/mol. The first kappa shape index (κ1) is 12.7. The largest absolute Gasteiger partial charge is 0.453 e. The smallest absolute Gasteiger partial charge is 0.242 e. The third-order valence-electron chi connectivity index (χ3n) is 2.88. The maximum Gasteiger partial charge on any atom is 0.453 e. The summed E-state index contributed by atoms with van der Waals surface area (Å²) in [4.78, 5) is 3.65. The second kappa shape index (κ2) is 4.33. The van der Waals surface area contributed by atoms with E-state index in [-0.39, 0.29) is 11.9 Å². The van der Waals surface area contributed by atoms with E-state index in [0.717, 1.165) is 17.3 Å². The van der Waals surface area contributed by atoms with E-state index in [1.54, 1.807) is 24.3 Å². The minimum Gasteiger partial charge on any atom is -0.242 e. The number of aromatic nitrogens is 3. The van der Waals surface area contributed by atoms with Gasteiger partial charge in [-0.05, 0) is 25.0 Å². The fraction of sp³-hybridized carbons (Fsp3) is 0.333. The highest BCUT2D eigenvalue weighted by Gasteiger charge is 2.39. The SMILES string of the molecule is FC(F)(F)c1nc(-c2ccc(Br)cc2)n(C2CC2)n1. The molecule has 0 N–H and O–H groups in total. The van der Waals surface area contributed by atoms with Crippen molar-refractivity contribution < 1.29 is 13.2 Å². The van der Waals surface area contributed by atoms with Crippen molar-refractivity contribution in [2.45, 2.75) is 25.1 Å². The van der Waals surface area contributed by atoms with Gasteiger partial charge in [-0.25, -0.2) is 9.67 Å². The Morgan fingerprint density at radius 2 is 1.79 bits per heavy atom. The minimum absolute atomic E-state index is 0.0437. The Morgan fingerprint density at radius 3 is 2.32 bits per heavy atom. The molecule has 0 spiro atoms. The van der Waals surface area contributed by atoms with Crippen LogP contribution in [-0.4, -0.2) is 14.8 Å². The summed E-state index contributed by atoms with van der Waals surface area (Å²) < 4.78 is 40.4. The van der Waals surface area contributed by atoms with E-state index in [1.165, 1.54) is 4.68 Å². The van der Waals surface area contributed by atoms with Crippen molar-refractivity contribution in [2.75, 3.05) is 0 Å². The van der Waals surface area contributed by atoms with Crippen molar-refractivity contribution in [3.05, 3.63) is 34.6 Å². The molecule has 0 saturated heterocycles. The lowest BCUT2D eigenvalue weighted by Gasteiger charge is -2.03. The average molecular weight is 332 g/mol. The molecule has 0 aliphatic heterocycles. The number of hydrogen-bond donors (Lipinski definition) is 0. The lowest BCUT2D eigenvalue weighted by Crippen LogP contribution is -2.08. The standard InChI is InChI=1S/C12H9BrF3N3/c13-8-3-1-7(2-4-8)10-17-11(12(14,15)16)18-19(10)9-5-6-9/h1-4,9H,5-6H2. The molecule has 3 rings (SSSR count).